The second kappa shape index (κ2) is 6.53. The van der Waals surface area contributed by atoms with Crippen molar-refractivity contribution in [1.29, 1.82) is 0 Å². The fourth-order valence-corrected chi connectivity index (χ4v) is 2.17. The smallest absolute Gasteiger partial charge is 0.122 e. The number of nitrogens with zero attached hydrogens (tertiary/aromatic N) is 2. The highest BCUT2D eigenvalue weighted by molar-refractivity contribution is 5.23. The summed E-state index contributed by atoms with van der Waals surface area (Å²) in [7, 11) is 0. The Bertz CT molecular complexity index is 499. The van der Waals surface area contributed by atoms with Gasteiger partial charge >= 0.3 is 0 Å². The molecule has 19 heavy (non-hydrogen) atoms. The molecule has 2 rings (SSSR count). The molecule has 3 nitrogen and oxygen atoms in total. The average molecular weight is 257 g/mol. The Hall–Kier alpha value is -1.61. The maximum Gasteiger partial charge on any atom is 0.122 e. The zero-order chi connectivity index (χ0) is 13.7. The van der Waals surface area contributed by atoms with Crippen LogP contribution in [0.5, 0.6) is 0 Å². The number of benzene rings is 1. The third kappa shape index (κ3) is 3.67. The van der Waals surface area contributed by atoms with E-state index in [1.54, 1.807) is 0 Å². The van der Waals surface area contributed by atoms with E-state index in [4.69, 9.17) is 0 Å². The van der Waals surface area contributed by atoms with Crippen molar-refractivity contribution in [1.82, 2.24) is 14.9 Å². The van der Waals surface area contributed by atoms with Crippen molar-refractivity contribution >= 4 is 0 Å². The van der Waals surface area contributed by atoms with E-state index in [0.717, 1.165) is 25.3 Å². The molecule has 2 aromatic rings. The van der Waals surface area contributed by atoms with E-state index >= 15 is 0 Å². The van der Waals surface area contributed by atoms with Gasteiger partial charge in [0.2, 0.25) is 0 Å². The third-order valence-corrected chi connectivity index (χ3v) is 3.41. The van der Waals surface area contributed by atoms with Gasteiger partial charge in [0.15, 0.2) is 0 Å². The van der Waals surface area contributed by atoms with E-state index in [2.05, 4.69) is 66.1 Å². The van der Waals surface area contributed by atoms with E-state index in [1.165, 1.54) is 11.1 Å². The number of aryl methyl sites for hydroxylation is 2. The fraction of sp³-hybridized carbons (Fsp3) is 0.438. The monoisotopic (exact) mass is 257 g/mol. The highest BCUT2D eigenvalue weighted by Gasteiger charge is 2.07. The van der Waals surface area contributed by atoms with Crippen molar-refractivity contribution in [2.24, 2.45) is 0 Å². The summed E-state index contributed by atoms with van der Waals surface area (Å²) in [6.45, 7) is 8.34. The SMILES string of the molecule is CCCn1ccnc1CNC(C)c1ccc(C)cc1. The predicted molar refractivity (Wildman–Crippen MR) is 79.0 cm³/mol. The van der Waals surface area contributed by atoms with Gasteiger partial charge in [-0.15, -0.1) is 0 Å². The Morgan fingerprint density at radius 1 is 1.26 bits per heavy atom. The summed E-state index contributed by atoms with van der Waals surface area (Å²) in [5.74, 6) is 1.11. The van der Waals surface area contributed by atoms with Gasteiger partial charge in [-0.2, -0.15) is 0 Å². The molecule has 1 aromatic carbocycles. The van der Waals surface area contributed by atoms with E-state index < -0.39 is 0 Å². The molecule has 3 heteroatoms. The molecule has 1 aromatic heterocycles. The largest absolute Gasteiger partial charge is 0.334 e. The number of hydrogen-bond acceptors (Lipinski definition) is 2. The van der Waals surface area contributed by atoms with E-state index in [-0.39, 0.29) is 0 Å². The highest BCUT2D eigenvalue weighted by Crippen LogP contribution is 2.13. The fourth-order valence-electron chi connectivity index (χ4n) is 2.17. The molecule has 102 valence electrons. The Labute approximate surface area is 115 Å². The molecule has 0 spiro atoms. The Morgan fingerprint density at radius 2 is 2.00 bits per heavy atom. The molecule has 0 fully saturated rings. The summed E-state index contributed by atoms with van der Waals surface area (Å²) >= 11 is 0. The highest BCUT2D eigenvalue weighted by atomic mass is 15.1. The maximum atomic E-state index is 4.42. The van der Waals surface area contributed by atoms with Crippen molar-refractivity contribution in [3.63, 3.8) is 0 Å². The second-order valence-corrected chi connectivity index (χ2v) is 5.05. The predicted octanol–water partition coefficient (Wildman–Crippen LogP) is 3.45. The van der Waals surface area contributed by atoms with Crippen LogP contribution in [0.1, 0.15) is 43.3 Å². The van der Waals surface area contributed by atoms with Crippen LogP contribution in [0.15, 0.2) is 36.7 Å². The average Bonchev–Trinajstić information content (AvgIpc) is 2.85. The molecule has 0 saturated carbocycles. The van der Waals surface area contributed by atoms with Gasteiger partial charge < -0.3 is 9.88 Å². The summed E-state index contributed by atoms with van der Waals surface area (Å²) < 4.78 is 2.22. The minimum absolute atomic E-state index is 0.340. The van der Waals surface area contributed by atoms with Gasteiger partial charge in [-0.3, -0.25) is 0 Å². The molecule has 0 aliphatic carbocycles. The first-order valence-electron chi connectivity index (χ1n) is 7.00. The van der Waals surface area contributed by atoms with Crippen LogP contribution in [0.3, 0.4) is 0 Å². The third-order valence-electron chi connectivity index (χ3n) is 3.41. The van der Waals surface area contributed by atoms with E-state index in [9.17, 15) is 0 Å². The lowest BCUT2D eigenvalue weighted by atomic mass is 10.1. The molecule has 1 atom stereocenters. The molecule has 1 unspecified atom stereocenters. The van der Waals surface area contributed by atoms with Crippen LogP contribution in [-0.4, -0.2) is 9.55 Å². The molecule has 0 saturated heterocycles. The van der Waals surface area contributed by atoms with E-state index in [1.807, 2.05) is 6.20 Å². The van der Waals surface area contributed by atoms with Crippen molar-refractivity contribution in [2.75, 3.05) is 0 Å². The molecule has 0 aliphatic rings. The quantitative estimate of drug-likeness (QED) is 0.859. The zero-order valence-electron chi connectivity index (χ0n) is 12.1. The molecule has 1 heterocycles. The van der Waals surface area contributed by atoms with Crippen LogP contribution in [0.25, 0.3) is 0 Å². The van der Waals surface area contributed by atoms with Gasteiger partial charge in [0.05, 0.1) is 6.54 Å². The first kappa shape index (κ1) is 13.8. The summed E-state index contributed by atoms with van der Waals surface area (Å²) in [6.07, 6.45) is 5.07. The molecular formula is C16H23N3. The number of hydrogen-bond donors (Lipinski definition) is 1. The minimum atomic E-state index is 0.340. The zero-order valence-corrected chi connectivity index (χ0v) is 12.1. The van der Waals surface area contributed by atoms with E-state index in [0.29, 0.717) is 6.04 Å². The summed E-state index contributed by atoms with van der Waals surface area (Å²) in [5.41, 5.74) is 2.62. The Balaban J connectivity index is 1.94. The second-order valence-electron chi connectivity index (χ2n) is 5.05. The number of rotatable bonds is 6. The number of nitrogens with one attached hydrogen (secondary N) is 1. The standard InChI is InChI=1S/C16H23N3/c1-4-10-19-11-9-17-16(19)12-18-14(3)15-7-5-13(2)6-8-15/h5-9,11,14,18H,4,10,12H2,1-3H3. The summed E-state index contributed by atoms with van der Waals surface area (Å²) in [4.78, 5) is 4.42. The van der Waals surface area contributed by atoms with Gasteiger partial charge in [0.25, 0.3) is 0 Å². The summed E-state index contributed by atoms with van der Waals surface area (Å²) in [6, 6.07) is 9.03. The van der Waals surface area contributed by atoms with Crippen LogP contribution in [0, 0.1) is 6.92 Å². The van der Waals surface area contributed by atoms with Crippen LogP contribution >= 0.6 is 0 Å². The van der Waals surface area contributed by atoms with Crippen molar-refractivity contribution in [2.45, 2.75) is 46.3 Å². The molecule has 0 aliphatic heterocycles. The van der Waals surface area contributed by atoms with Gasteiger partial charge in [-0.1, -0.05) is 36.8 Å². The lowest BCUT2D eigenvalue weighted by Crippen LogP contribution is -2.20. The lowest BCUT2D eigenvalue weighted by molar-refractivity contribution is 0.532. The Morgan fingerprint density at radius 3 is 2.68 bits per heavy atom. The minimum Gasteiger partial charge on any atom is -0.334 e. The van der Waals surface area contributed by atoms with Crippen LogP contribution in [0.2, 0.25) is 0 Å². The normalized spacial score (nSPS) is 12.6. The molecule has 0 bridgehead atoms. The summed E-state index contributed by atoms with van der Waals surface area (Å²) in [5, 5.41) is 3.54. The van der Waals surface area contributed by atoms with Gasteiger partial charge in [0, 0.05) is 25.0 Å². The maximum absolute atomic E-state index is 4.42. The molecule has 0 amide bonds. The van der Waals surface area contributed by atoms with Gasteiger partial charge in [-0.25, -0.2) is 4.98 Å². The Kier molecular flexibility index (Phi) is 4.74. The molecule has 0 radical (unpaired) electrons. The molecular weight excluding hydrogens is 234 g/mol. The van der Waals surface area contributed by atoms with Crippen LogP contribution in [0.4, 0.5) is 0 Å². The lowest BCUT2D eigenvalue weighted by Gasteiger charge is -2.15. The number of imidazole rings is 1. The first-order chi connectivity index (χ1) is 9.20. The number of aromatic nitrogens is 2. The van der Waals surface area contributed by atoms with Crippen molar-refractivity contribution in [3.8, 4) is 0 Å². The molecule has 1 N–H and O–H groups in total. The van der Waals surface area contributed by atoms with Crippen LogP contribution < -0.4 is 5.32 Å². The topological polar surface area (TPSA) is 29.9 Å². The van der Waals surface area contributed by atoms with Gasteiger partial charge in [-0.05, 0) is 25.8 Å². The first-order valence-corrected chi connectivity index (χ1v) is 7.00. The van der Waals surface area contributed by atoms with Crippen LogP contribution in [-0.2, 0) is 13.1 Å². The van der Waals surface area contributed by atoms with Crippen molar-refractivity contribution < 1.29 is 0 Å². The van der Waals surface area contributed by atoms with Gasteiger partial charge in [0.1, 0.15) is 5.82 Å². The van der Waals surface area contributed by atoms with Crippen molar-refractivity contribution in [3.05, 3.63) is 53.6 Å².